The molecule has 0 saturated carbocycles. The van der Waals surface area contributed by atoms with Crippen molar-refractivity contribution in [2.24, 2.45) is 0 Å². The SMILES string of the molecule is Cc1cc(Br)ccc1C(=O)N1CCO[C@H]2CNC[C@H]21.Cl. The van der Waals surface area contributed by atoms with Gasteiger partial charge >= 0.3 is 0 Å². The number of hydrogen-bond acceptors (Lipinski definition) is 3. The van der Waals surface area contributed by atoms with Gasteiger partial charge in [-0.2, -0.15) is 0 Å². The van der Waals surface area contributed by atoms with Crippen molar-refractivity contribution >= 4 is 34.2 Å². The standard InChI is InChI=1S/C14H17BrN2O2.ClH/c1-9-6-10(15)2-3-11(9)14(18)17-4-5-19-13-8-16-7-12(13)17;/h2-3,6,12-13,16H,4-5,7-8H2,1H3;1H/t12-,13+;/m1./s1. The second-order valence-electron chi connectivity index (χ2n) is 5.09. The highest BCUT2D eigenvalue weighted by atomic mass is 79.9. The number of fused-ring (bicyclic) bond motifs is 1. The average molecular weight is 362 g/mol. The number of carbonyl (C=O) groups is 1. The van der Waals surface area contributed by atoms with Crippen molar-refractivity contribution in [3.05, 3.63) is 33.8 Å². The van der Waals surface area contributed by atoms with Crippen LogP contribution in [-0.2, 0) is 4.74 Å². The summed E-state index contributed by atoms with van der Waals surface area (Å²) in [7, 11) is 0. The first-order valence-corrected chi connectivity index (χ1v) is 7.35. The minimum Gasteiger partial charge on any atom is -0.373 e. The first kappa shape index (κ1) is 15.8. The van der Waals surface area contributed by atoms with Crippen LogP contribution in [0.3, 0.4) is 0 Å². The molecule has 110 valence electrons. The van der Waals surface area contributed by atoms with Crippen LogP contribution in [-0.4, -0.2) is 49.2 Å². The van der Waals surface area contributed by atoms with Gasteiger partial charge in [0.1, 0.15) is 0 Å². The maximum Gasteiger partial charge on any atom is 0.254 e. The molecule has 0 aromatic heterocycles. The molecule has 0 bridgehead atoms. The molecule has 0 spiro atoms. The summed E-state index contributed by atoms with van der Waals surface area (Å²) < 4.78 is 6.71. The number of hydrogen-bond donors (Lipinski definition) is 1. The summed E-state index contributed by atoms with van der Waals surface area (Å²) in [5.41, 5.74) is 1.80. The highest BCUT2D eigenvalue weighted by Crippen LogP contribution is 2.23. The zero-order valence-corrected chi connectivity index (χ0v) is 13.7. The van der Waals surface area contributed by atoms with Gasteiger partial charge in [-0.05, 0) is 30.7 Å². The summed E-state index contributed by atoms with van der Waals surface area (Å²) in [6, 6.07) is 5.97. The molecular formula is C14H18BrClN2O2. The summed E-state index contributed by atoms with van der Waals surface area (Å²) in [5.74, 6) is 0.118. The molecule has 0 aliphatic carbocycles. The first-order valence-electron chi connectivity index (χ1n) is 6.56. The number of rotatable bonds is 1. The van der Waals surface area contributed by atoms with E-state index in [-0.39, 0.29) is 30.5 Å². The quantitative estimate of drug-likeness (QED) is 0.832. The topological polar surface area (TPSA) is 41.6 Å². The second kappa shape index (κ2) is 6.43. The fraction of sp³-hybridized carbons (Fsp3) is 0.500. The van der Waals surface area contributed by atoms with E-state index < -0.39 is 0 Å². The lowest BCUT2D eigenvalue weighted by Crippen LogP contribution is -2.53. The highest BCUT2D eigenvalue weighted by molar-refractivity contribution is 9.10. The van der Waals surface area contributed by atoms with Crippen molar-refractivity contribution in [1.82, 2.24) is 10.2 Å². The van der Waals surface area contributed by atoms with Gasteiger partial charge in [-0.1, -0.05) is 15.9 Å². The summed E-state index contributed by atoms with van der Waals surface area (Å²) >= 11 is 3.43. The van der Waals surface area contributed by atoms with Crippen LogP contribution in [0.2, 0.25) is 0 Å². The number of halogens is 2. The summed E-state index contributed by atoms with van der Waals surface area (Å²) in [6.07, 6.45) is 0.147. The molecule has 2 heterocycles. The Morgan fingerprint density at radius 2 is 2.25 bits per heavy atom. The van der Waals surface area contributed by atoms with E-state index >= 15 is 0 Å². The minimum absolute atomic E-state index is 0. The molecule has 4 nitrogen and oxygen atoms in total. The fourth-order valence-corrected chi connectivity index (χ4v) is 3.34. The Morgan fingerprint density at radius 1 is 1.45 bits per heavy atom. The summed E-state index contributed by atoms with van der Waals surface area (Å²) in [6.45, 7) is 4.95. The van der Waals surface area contributed by atoms with Crippen molar-refractivity contribution in [3.8, 4) is 0 Å². The maximum atomic E-state index is 12.7. The number of carbonyl (C=O) groups excluding carboxylic acids is 1. The third-order valence-corrected chi connectivity index (χ3v) is 4.37. The van der Waals surface area contributed by atoms with Gasteiger partial charge in [0.05, 0.1) is 18.8 Å². The van der Waals surface area contributed by atoms with Gasteiger partial charge in [-0.3, -0.25) is 4.79 Å². The van der Waals surface area contributed by atoms with Crippen LogP contribution < -0.4 is 5.32 Å². The van der Waals surface area contributed by atoms with Gasteiger partial charge in [0, 0.05) is 29.7 Å². The lowest BCUT2D eigenvalue weighted by atomic mass is 10.0. The predicted octanol–water partition coefficient (Wildman–Crippen LogP) is 1.99. The van der Waals surface area contributed by atoms with Crippen LogP contribution in [0.5, 0.6) is 0 Å². The first-order chi connectivity index (χ1) is 9.16. The largest absolute Gasteiger partial charge is 0.373 e. The highest BCUT2D eigenvalue weighted by Gasteiger charge is 2.38. The van der Waals surface area contributed by atoms with Crippen molar-refractivity contribution in [1.29, 1.82) is 0 Å². The third-order valence-electron chi connectivity index (χ3n) is 3.87. The van der Waals surface area contributed by atoms with Crippen molar-refractivity contribution in [3.63, 3.8) is 0 Å². The van der Waals surface area contributed by atoms with Crippen LogP contribution in [0.15, 0.2) is 22.7 Å². The molecule has 20 heavy (non-hydrogen) atoms. The number of benzene rings is 1. The van der Waals surface area contributed by atoms with E-state index in [0.29, 0.717) is 13.2 Å². The number of ether oxygens (including phenoxy) is 1. The molecule has 2 atom stereocenters. The number of aryl methyl sites for hydroxylation is 1. The Hall–Kier alpha value is -0.620. The van der Waals surface area contributed by atoms with E-state index in [9.17, 15) is 4.79 Å². The predicted molar refractivity (Wildman–Crippen MR) is 83.6 cm³/mol. The molecule has 6 heteroatoms. The van der Waals surface area contributed by atoms with E-state index in [1.807, 2.05) is 30.0 Å². The van der Waals surface area contributed by atoms with Crippen LogP contribution in [0, 0.1) is 6.92 Å². The van der Waals surface area contributed by atoms with Crippen LogP contribution in [0.4, 0.5) is 0 Å². The second-order valence-corrected chi connectivity index (χ2v) is 6.01. The Bertz CT molecular complexity index is 512. The Morgan fingerprint density at radius 3 is 3.00 bits per heavy atom. The van der Waals surface area contributed by atoms with Gasteiger partial charge in [0.15, 0.2) is 0 Å². The maximum absolute atomic E-state index is 12.7. The molecule has 3 rings (SSSR count). The van der Waals surface area contributed by atoms with Gasteiger partial charge in [-0.25, -0.2) is 0 Å². The van der Waals surface area contributed by atoms with Gasteiger partial charge in [0.2, 0.25) is 0 Å². The zero-order chi connectivity index (χ0) is 13.4. The molecule has 2 aliphatic heterocycles. The third kappa shape index (κ3) is 2.86. The normalized spacial score (nSPS) is 25.0. The molecule has 2 fully saturated rings. The molecule has 1 amide bonds. The van der Waals surface area contributed by atoms with Crippen LogP contribution in [0.1, 0.15) is 15.9 Å². The van der Waals surface area contributed by atoms with E-state index in [1.165, 1.54) is 0 Å². The van der Waals surface area contributed by atoms with Crippen LogP contribution >= 0.6 is 28.3 Å². The van der Waals surface area contributed by atoms with E-state index in [1.54, 1.807) is 0 Å². The number of morpholine rings is 1. The van der Waals surface area contributed by atoms with E-state index in [4.69, 9.17) is 4.74 Å². The Labute approximate surface area is 133 Å². The van der Waals surface area contributed by atoms with Crippen molar-refractivity contribution in [2.45, 2.75) is 19.1 Å². The van der Waals surface area contributed by atoms with Crippen molar-refractivity contribution in [2.75, 3.05) is 26.2 Å². The molecular weight excluding hydrogens is 344 g/mol. The molecule has 2 aliphatic rings. The average Bonchev–Trinajstić information content (AvgIpc) is 2.86. The summed E-state index contributed by atoms with van der Waals surface area (Å²) in [5, 5.41) is 3.30. The zero-order valence-electron chi connectivity index (χ0n) is 11.3. The molecule has 2 saturated heterocycles. The summed E-state index contributed by atoms with van der Waals surface area (Å²) in [4.78, 5) is 14.7. The Kier molecular flexibility index (Phi) is 5.07. The molecule has 1 aromatic carbocycles. The van der Waals surface area contributed by atoms with E-state index in [0.717, 1.165) is 28.7 Å². The van der Waals surface area contributed by atoms with Gasteiger partial charge in [0.25, 0.3) is 5.91 Å². The molecule has 1 N–H and O–H groups in total. The number of amides is 1. The Balaban J connectivity index is 0.00000147. The molecule has 1 aromatic rings. The molecule has 0 radical (unpaired) electrons. The number of nitrogens with one attached hydrogen (secondary N) is 1. The smallest absolute Gasteiger partial charge is 0.254 e. The van der Waals surface area contributed by atoms with Gasteiger partial charge in [-0.15, -0.1) is 12.4 Å². The molecule has 0 unspecified atom stereocenters. The number of nitrogens with zero attached hydrogens (tertiary/aromatic N) is 1. The monoisotopic (exact) mass is 360 g/mol. The lowest BCUT2D eigenvalue weighted by molar-refractivity contribution is -0.0365. The minimum atomic E-state index is 0. The van der Waals surface area contributed by atoms with Gasteiger partial charge < -0.3 is 15.0 Å². The van der Waals surface area contributed by atoms with Crippen molar-refractivity contribution < 1.29 is 9.53 Å². The van der Waals surface area contributed by atoms with Crippen LogP contribution in [0.25, 0.3) is 0 Å². The van der Waals surface area contributed by atoms with E-state index in [2.05, 4.69) is 21.2 Å². The fourth-order valence-electron chi connectivity index (χ4n) is 2.86. The lowest BCUT2D eigenvalue weighted by Gasteiger charge is -2.37.